The number of hydrogen-bond acceptors (Lipinski definition) is 2. The Balaban J connectivity index is 3.33. The Labute approximate surface area is 79.9 Å². The smallest absolute Gasteiger partial charge is 0.280 e. The zero-order chi connectivity index (χ0) is 10.9. The second-order valence-electron chi connectivity index (χ2n) is 2.97. The highest BCUT2D eigenvalue weighted by Crippen LogP contribution is 2.23. The second kappa shape index (κ2) is 3.69. The van der Waals surface area contributed by atoms with E-state index in [0.29, 0.717) is 11.1 Å². The normalized spacial score (nSPS) is 10.6. The summed E-state index contributed by atoms with van der Waals surface area (Å²) in [5.74, 6) is -0.654. The fourth-order valence-electron chi connectivity index (χ4n) is 1.19. The minimum absolute atomic E-state index is 0.187. The van der Waals surface area contributed by atoms with Gasteiger partial charge >= 0.3 is 0 Å². The number of primary amides is 1. The van der Waals surface area contributed by atoms with Crippen molar-refractivity contribution in [3.8, 4) is 0 Å². The fourth-order valence-corrected chi connectivity index (χ4v) is 1.19. The summed E-state index contributed by atoms with van der Waals surface area (Å²) < 4.78 is 24.7. The molecule has 14 heavy (non-hydrogen) atoms. The first-order chi connectivity index (χ1) is 6.45. The molecule has 0 saturated carbocycles. The molecule has 0 fully saturated rings. The highest BCUT2D eigenvalue weighted by Gasteiger charge is 2.17. The van der Waals surface area contributed by atoms with Crippen LogP contribution in [0.3, 0.4) is 0 Å². The molecule has 0 aromatic carbocycles. The molecule has 3 nitrogen and oxygen atoms in total. The van der Waals surface area contributed by atoms with E-state index in [1.165, 1.54) is 6.92 Å². The zero-order valence-electron chi connectivity index (χ0n) is 7.84. The largest absolute Gasteiger partial charge is 0.366 e. The number of carbonyl (C=O) groups excluding carboxylic acids is 1. The van der Waals surface area contributed by atoms with Crippen LogP contribution in [0.2, 0.25) is 0 Å². The van der Waals surface area contributed by atoms with Gasteiger partial charge in [-0.15, -0.1) is 0 Å². The Morgan fingerprint density at radius 1 is 1.43 bits per heavy atom. The number of nitrogens with zero attached hydrogens (tertiary/aromatic N) is 1. The third-order valence-electron chi connectivity index (χ3n) is 2.16. The minimum atomic E-state index is -2.63. The van der Waals surface area contributed by atoms with Crippen molar-refractivity contribution in [1.82, 2.24) is 4.98 Å². The number of hydrogen-bond donors (Lipinski definition) is 1. The average molecular weight is 200 g/mol. The lowest BCUT2D eigenvalue weighted by atomic mass is 10.0. The summed E-state index contributed by atoms with van der Waals surface area (Å²) in [6.07, 6.45) is -1.54. The number of nitrogens with two attached hydrogens (primary N) is 1. The van der Waals surface area contributed by atoms with Gasteiger partial charge in [-0.05, 0) is 25.0 Å². The summed E-state index contributed by atoms with van der Waals surface area (Å²) in [5, 5.41) is 0. The van der Waals surface area contributed by atoms with E-state index < -0.39 is 12.3 Å². The van der Waals surface area contributed by atoms with Crippen LogP contribution in [0, 0.1) is 13.8 Å². The monoisotopic (exact) mass is 200 g/mol. The van der Waals surface area contributed by atoms with Gasteiger partial charge in [-0.25, -0.2) is 8.78 Å². The predicted molar refractivity (Wildman–Crippen MR) is 47.2 cm³/mol. The standard InChI is InChI=1S/C9H10F2N2O/c1-4-5(2)7(8(10)11)13-3-6(4)9(12)14/h3,8H,1-2H3,(H2,12,14). The number of rotatable bonds is 2. The summed E-state index contributed by atoms with van der Waals surface area (Å²) in [7, 11) is 0. The molecular weight excluding hydrogens is 190 g/mol. The van der Waals surface area contributed by atoms with Crippen LogP contribution in [0.5, 0.6) is 0 Å². The van der Waals surface area contributed by atoms with Crippen molar-refractivity contribution in [2.75, 3.05) is 0 Å². The van der Waals surface area contributed by atoms with Gasteiger partial charge in [-0.3, -0.25) is 9.78 Å². The third kappa shape index (κ3) is 1.71. The van der Waals surface area contributed by atoms with E-state index in [-0.39, 0.29) is 11.3 Å². The van der Waals surface area contributed by atoms with Crippen LogP contribution in [-0.4, -0.2) is 10.9 Å². The molecule has 0 aliphatic carbocycles. The van der Waals surface area contributed by atoms with Crippen molar-refractivity contribution in [1.29, 1.82) is 0 Å². The van der Waals surface area contributed by atoms with Gasteiger partial charge in [-0.2, -0.15) is 0 Å². The Morgan fingerprint density at radius 3 is 2.43 bits per heavy atom. The van der Waals surface area contributed by atoms with Gasteiger partial charge < -0.3 is 5.73 Å². The summed E-state index contributed by atoms with van der Waals surface area (Å²) in [4.78, 5) is 14.4. The Bertz CT molecular complexity index is 377. The van der Waals surface area contributed by atoms with E-state index in [2.05, 4.69) is 4.98 Å². The maximum atomic E-state index is 12.4. The van der Waals surface area contributed by atoms with Crippen LogP contribution in [0.15, 0.2) is 6.20 Å². The van der Waals surface area contributed by atoms with Gasteiger partial charge in [0, 0.05) is 6.20 Å². The van der Waals surface area contributed by atoms with Gasteiger partial charge in [-0.1, -0.05) is 0 Å². The lowest BCUT2D eigenvalue weighted by Crippen LogP contribution is -2.15. The van der Waals surface area contributed by atoms with Gasteiger partial charge in [0.2, 0.25) is 0 Å². The number of carbonyl (C=O) groups is 1. The first-order valence-corrected chi connectivity index (χ1v) is 3.99. The predicted octanol–water partition coefficient (Wildman–Crippen LogP) is 1.73. The van der Waals surface area contributed by atoms with Crippen molar-refractivity contribution < 1.29 is 13.6 Å². The summed E-state index contributed by atoms with van der Waals surface area (Å²) in [6, 6.07) is 0. The van der Waals surface area contributed by atoms with Crippen LogP contribution in [0.4, 0.5) is 8.78 Å². The molecule has 1 heterocycles. The molecule has 0 spiro atoms. The minimum Gasteiger partial charge on any atom is -0.366 e. The highest BCUT2D eigenvalue weighted by atomic mass is 19.3. The zero-order valence-corrected chi connectivity index (χ0v) is 7.84. The molecule has 1 aromatic heterocycles. The number of amides is 1. The number of alkyl halides is 2. The number of pyridine rings is 1. The molecule has 1 amide bonds. The summed E-state index contributed by atoms with van der Waals surface area (Å²) >= 11 is 0. The molecule has 76 valence electrons. The lowest BCUT2D eigenvalue weighted by Gasteiger charge is -2.09. The van der Waals surface area contributed by atoms with Crippen molar-refractivity contribution in [2.45, 2.75) is 20.3 Å². The van der Waals surface area contributed by atoms with Gasteiger partial charge in [0.25, 0.3) is 12.3 Å². The Morgan fingerprint density at radius 2 is 2.00 bits per heavy atom. The van der Waals surface area contributed by atoms with E-state index in [0.717, 1.165) is 6.20 Å². The van der Waals surface area contributed by atoms with E-state index >= 15 is 0 Å². The topological polar surface area (TPSA) is 56.0 Å². The van der Waals surface area contributed by atoms with Crippen LogP contribution in [0.1, 0.15) is 33.6 Å². The van der Waals surface area contributed by atoms with Gasteiger partial charge in [0.1, 0.15) is 5.69 Å². The van der Waals surface area contributed by atoms with Gasteiger partial charge in [0.15, 0.2) is 0 Å². The molecule has 0 aliphatic heterocycles. The number of aromatic nitrogens is 1. The van der Waals surface area contributed by atoms with E-state index in [4.69, 9.17) is 5.73 Å². The first kappa shape index (κ1) is 10.6. The molecule has 0 aliphatic rings. The maximum Gasteiger partial charge on any atom is 0.280 e. The molecule has 1 rings (SSSR count). The molecule has 0 unspecified atom stereocenters. The first-order valence-electron chi connectivity index (χ1n) is 3.99. The molecule has 0 atom stereocenters. The lowest BCUT2D eigenvalue weighted by molar-refractivity contribution is 0.0998. The molecule has 0 bridgehead atoms. The SMILES string of the molecule is Cc1c(C(N)=O)cnc(C(F)F)c1C. The molecular formula is C9H10F2N2O. The second-order valence-corrected chi connectivity index (χ2v) is 2.97. The molecule has 0 saturated heterocycles. The summed E-state index contributed by atoms with van der Waals surface area (Å²) in [6.45, 7) is 3.07. The van der Waals surface area contributed by atoms with Crippen molar-refractivity contribution >= 4 is 5.91 Å². The maximum absolute atomic E-state index is 12.4. The Hall–Kier alpha value is -1.52. The third-order valence-corrected chi connectivity index (χ3v) is 2.16. The molecule has 5 heteroatoms. The molecule has 0 radical (unpaired) electrons. The van der Waals surface area contributed by atoms with Gasteiger partial charge in [0.05, 0.1) is 5.56 Å². The van der Waals surface area contributed by atoms with E-state index in [1.807, 2.05) is 0 Å². The van der Waals surface area contributed by atoms with E-state index in [1.54, 1.807) is 6.92 Å². The quantitative estimate of drug-likeness (QED) is 0.790. The van der Waals surface area contributed by atoms with Crippen LogP contribution < -0.4 is 5.73 Å². The molecule has 2 N–H and O–H groups in total. The number of halogens is 2. The van der Waals surface area contributed by atoms with Crippen LogP contribution in [0.25, 0.3) is 0 Å². The van der Waals surface area contributed by atoms with E-state index in [9.17, 15) is 13.6 Å². The summed E-state index contributed by atoms with van der Waals surface area (Å²) in [5.41, 5.74) is 5.71. The van der Waals surface area contributed by atoms with Crippen molar-refractivity contribution in [2.24, 2.45) is 5.73 Å². The van der Waals surface area contributed by atoms with Crippen LogP contribution >= 0.6 is 0 Å². The molecule has 1 aromatic rings. The van der Waals surface area contributed by atoms with Crippen molar-refractivity contribution in [3.63, 3.8) is 0 Å². The fraction of sp³-hybridized carbons (Fsp3) is 0.333. The van der Waals surface area contributed by atoms with Crippen molar-refractivity contribution in [3.05, 3.63) is 28.6 Å². The van der Waals surface area contributed by atoms with Crippen LogP contribution in [-0.2, 0) is 0 Å². The average Bonchev–Trinajstić information content (AvgIpc) is 2.08. The Kier molecular flexibility index (Phi) is 2.78. The highest BCUT2D eigenvalue weighted by molar-refractivity contribution is 5.94.